The predicted molar refractivity (Wildman–Crippen MR) is 197 cm³/mol. The average molecular weight is 742 g/mol. The van der Waals surface area contributed by atoms with Gasteiger partial charge in [-0.05, 0) is 25.8 Å². The second-order valence-corrected chi connectivity index (χ2v) is 12.3. The van der Waals surface area contributed by atoms with Crippen LogP contribution in [0, 0.1) is 0 Å². The molecule has 0 saturated carbocycles. The number of cyclic esters (lactones) is 2. The van der Waals surface area contributed by atoms with Gasteiger partial charge in [0.1, 0.15) is 25.4 Å². The van der Waals surface area contributed by atoms with Gasteiger partial charge in [0.25, 0.3) is 0 Å². The van der Waals surface area contributed by atoms with Crippen LogP contribution in [0.3, 0.4) is 0 Å². The summed E-state index contributed by atoms with van der Waals surface area (Å²) in [5.74, 6) is 0. The smallest absolute Gasteiger partial charge is 0.447 e. The lowest BCUT2D eigenvalue weighted by atomic mass is 10.1. The van der Waals surface area contributed by atoms with Crippen LogP contribution in [0.2, 0.25) is 0 Å². The van der Waals surface area contributed by atoms with Crippen molar-refractivity contribution in [3.8, 4) is 0 Å². The molecular weight excluding hydrogens is 666 g/mol. The van der Waals surface area contributed by atoms with Crippen LogP contribution in [-0.4, -0.2) is 121 Å². The minimum absolute atomic E-state index is 0.161. The zero-order valence-electron chi connectivity index (χ0n) is 32.0. The van der Waals surface area contributed by atoms with Gasteiger partial charge >= 0.3 is 18.3 Å². The van der Waals surface area contributed by atoms with Crippen LogP contribution in [0.15, 0.2) is 0 Å². The van der Waals surface area contributed by atoms with Gasteiger partial charge in [0.15, 0.2) is 6.10 Å². The van der Waals surface area contributed by atoms with E-state index in [2.05, 4.69) is 45.6 Å². The molecule has 2 unspecified atom stereocenters. The van der Waals surface area contributed by atoms with Gasteiger partial charge in [0, 0.05) is 13.1 Å². The third kappa shape index (κ3) is 43.7. The molecule has 2 atom stereocenters. The van der Waals surface area contributed by atoms with Crippen molar-refractivity contribution in [2.45, 2.75) is 155 Å². The Kier molecular flexibility index (Phi) is 45.4. The maximum Gasteiger partial charge on any atom is 0.508 e. The Morgan fingerprint density at radius 1 is 0.725 bits per heavy atom. The van der Waals surface area contributed by atoms with Gasteiger partial charge in [-0.2, -0.15) is 0 Å². The summed E-state index contributed by atoms with van der Waals surface area (Å²) < 4.78 is 18.2. The molecule has 2 amide bonds. The van der Waals surface area contributed by atoms with E-state index < -0.39 is 43.3 Å². The number of amides is 2. The standard InChI is InChI=1S/2C12H25NO4.C8H19N.C4H6O4/c1-2-3-4-5-6-7-8-13-12(16)17-10-11(15)9-14;1-2-3-4-5-6-7-8-13-12(16)17-11(9-14)10-15;1-2-3-4-5-6-7-8-9;5-1-3-2-7-4(6)8-3/h2*11,14-15H,2-10H2,1H3,(H,13,16);2-9H2,1H3;3,5H,1-2H2. The van der Waals surface area contributed by atoms with Crippen LogP contribution in [0.5, 0.6) is 0 Å². The SMILES string of the molecule is CCCCCCCCN.CCCCCCCCNC(=O)OC(CO)CO.CCCCCCCCNC(=O)OCC(O)CO.O=C1OCC(CO)O1. The Hall–Kier alpha value is -2.43. The molecule has 1 saturated heterocycles. The van der Waals surface area contributed by atoms with Crippen LogP contribution < -0.4 is 16.4 Å². The fourth-order valence-electron chi connectivity index (χ4n) is 4.17. The molecule has 0 aliphatic carbocycles. The summed E-state index contributed by atoms with van der Waals surface area (Å²) in [5.41, 5.74) is 5.34. The molecule has 9 N–H and O–H groups in total. The Morgan fingerprint density at radius 3 is 1.55 bits per heavy atom. The fourth-order valence-corrected chi connectivity index (χ4v) is 4.17. The van der Waals surface area contributed by atoms with Crippen molar-refractivity contribution in [2.75, 3.05) is 59.3 Å². The minimum Gasteiger partial charge on any atom is -0.447 e. The Bertz CT molecular complexity index is 742. The topological polar surface area (TPSA) is 239 Å². The molecule has 51 heavy (non-hydrogen) atoms. The summed E-state index contributed by atoms with van der Waals surface area (Å²) in [6.45, 7) is 7.37. The van der Waals surface area contributed by atoms with E-state index in [1.807, 2.05) is 0 Å². The molecule has 306 valence electrons. The Labute approximate surface area is 307 Å². The highest BCUT2D eigenvalue weighted by atomic mass is 16.8. The monoisotopic (exact) mass is 742 g/mol. The summed E-state index contributed by atoms with van der Waals surface area (Å²) in [6.07, 6.45) is 18.0. The minimum atomic E-state index is -0.991. The lowest BCUT2D eigenvalue weighted by Crippen LogP contribution is -2.33. The maximum absolute atomic E-state index is 11.2. The fraction of sp³-hybridized carbons (Fsp3) is 0.917. The number of rotatable bonds is 27. The highest BCUT2D eigenvalue weighted by Crippen LogP contribution is 2.06. The molecule has 1 fully saturated rings. The second kappa shape index (κ2) is 43.7. The molecule has 1 aliphatic rings. The van der Waals surface area contributed by atoms with E-state index in [1.54, 1.807) is 0 Å². The molecule has 15 heteroatoms. The van der Waals surface area contributed by atoms with Gasteiger partial charge < -0.3 is 60.8 Å². The molecule has 0 bridgehead atoms. The quantitative estimate of drug-likeness (QED) is 0.0325. The molecule has 0 aromatic rings. The van der Waals surface area contributed by atoms with Gasteiger partial charge in [-0.3, -0.25) is 0 Å². The molecule has 0 radical (unpaired) electrons. The van der Waals surface area contributed by atoms with Crippen molar-refractivity contribution < 1.29 is 58.9 Å². The normalized spacial score (nSPS) is 13.6. The van der Waals surface area contributed by atoms with Gasteiger partial charge in [0.05, 0.1) is 26.4 Å². The number of hydrogen-bond donors (Lipinski definition) is 8. The first-order valence-electron chi connectivity index (χ1n) is 19.2. The van der Waals surface area contributed by atoms with E-state index in [0.29, 0.717) is 13.1 Å². The molecule has 1 rings (SSSR count). The molecular formula is C36H75N3O12. The van der Waals surface area contributed by atoms with Crippen molar-refractivity contribution in [1.29, 1.82) is 0 Å². The highest BCUT2D eigenvalue weighted by Gasteiger charge is 2.23. The Morgan fingerprint density at radius 2 is 1.18 bits per heavy atom. The third-order valence-electron chi connectivity index (χ3n) is 7.31. The molecule has 15 nitrogen and oxygen atoms in total. The first kappa shape index (κ1) is 52.9. The molecule has 0 aromatic carbocycles. The molecule has 1 aliphatic heterocycles. The van der Waals surface area contributed by atoms with E-state index in [4.69, 9.17) is 36.0 Å². The number of carbonyl (C=O) groups is 3. The zero-order chi connectivity index (χ0) is 38.8. The average Bonchev–Trinajstić information content (AvgIpc) is 3.58. The molecule has 1 heterocycles. The maximum atomic E-state index is 11.2. The first-order chi connectivity index (χ1) is 24.7. The van der Waals surface area contributed by atoms with Crippen LogP contribution in [0.4, 0.5) is 14.4 Å². The summed E-state index contributed by atoms with van der Waals surface area (Å²) in [5, 5.41) is 48.4. The number of hydrogen-bond acceptors (Lipinski definition) is 13. The summed E-state index contributed by atoms with van der Waals surface area (Å²) >= 11 is 0. The van der Waals surface area contributed by atoms with Crippen molar-refractivity contribution in [1.82, 2.24) is 10.6 Å². The van der Waals surface area contributed by atoms with Crippen LogP contribution in [-0.2, 0) is 18.9 Å². The zero-order valence-corrected chi connectivity index (χ0v) is 32.0. The van der Waals surface area contributed by atoms with Crippen molar-refractivity contribution >= 4 is 18.3 Å². The Balaban J connectivity index is -0.000000632. The predicted octanol–water partition coefficient (Wildman–Crippen LogP) is 4.67. The van der Waals surface area contributed by atoms with Gasteiger partial charge in [-0.25, -0.2) is 14.4 Å². The number of aliphatic hydroxyl groups excluding tert-OH is 5. The van der Waals surface area contributed by atoms with E-state index in [9.17, 15) is 14.4 Å². The molecule has 0 spiro atoms. The van der Waals surface area contributed by atoms with Crippen LogP contribution in [0.25, 0.3) is 0 Å². The van der Waals surface area contributed by atoms with E-state index >= 15 is 0 Å². The second-order valence-electron chi connectivity index (χ2n) is 12.3. The summed E-state index contributed by atoms with van der Waals surface area (Å²) in [7, 11) is 0. The summed E-state index contributed by atoms with van der Waals surface area (Å²) in [6, 6.07) is 0. The largest absolute Gasteiger partial charge is 0.508 e. The lowest BCUT2D eigenvalue weighted by molar-refractivity contribution is 0.0223. The summed E-state index contributed by atoms with van der Waals surface area (Å²) in [4.78, 5) is 32.3. The van der Waals surface area contributed by atoms with E-state index in [-0.39, 0.29) is 33.0 Å². The van der Waals surface area contributed by atoms with Gasteiger partial charge in [-0.1, -0.05) is 117 Å². The van der Waals surface area contributed by atoms with Gasteiger partial charge in [-0.15, -0.1) is 0 Å². The number of alkyl carbamates (subject to hydrolysis) is 2. The number of unbranched alkanes of at least 4 members (excludes halogenated alkanes) is 15. The van der Waals surface area contributed by atoms with E-state index in [0.717, 1.165) is 32.2 Å². The van der Waals surface area contributed by atoms with Gasteiger partial charge in [0.2, 0.25) is 0 Å². The van der Waals surface area contributed by atoms with Crippen molar-refractivity contribution in [3.63, 3.8) is 0 Å². The van der Waals surface area contributed by atoms with Crippen molar-refractivity contribution in [3.05, 3.63) is 0 Å². The number of carbonyl (C=O) groups excluding carboxylic acids is 3. The number of aliphatic hydroxyl groups is 5. The number of ether oxygens (including phenoxy) is 4. The first-order valence-corrected chi connectivity index (χ1v) is 19.2. The third-order valence-corrected chi connectivity index (χ3v) is 7.31. The lowest BCUT2D eigenvalue weighted by Gasteiger charge is -2.13. The number of nitrogens with two attached hydrogens (primary N) is 1. The van der Waals surface area contributed by atoms with Crippen LogP contribution >= 0.6 is 0 Å². The van der Waals surface area contributed by atoms with Crippen LogP contribution in [0.1, 0.15) is 136 Å². The number of nitrogens with one attached hydrogen (secondary N) is 2. The van der Waals surface area contributed by atoms with Crippen molar-refractivity contribution in [2.24, 2.45) is 5.73 Å². The van der Waals surface area contributed by atoms with E-state index in [1.165, 1.54) is 89.9 Å². The molecule has 0 aromatic heterocycles. The highest BCUT2D eigenvalue weighted by molar-refractivity contribution is 5.67.